The van der Waals surface area contributed by atoms with Crippen LogP contribution in [0.1, 0.15) is 28.9 Å². The van der Waals surface area contributed by atoms with Gasteiger partial charge in [-0.25, -0.2) is 4.79 Å². The number of aromatic nitrogens is 1. The standard InChI is InChI=1S/C12H14N2O5/c1-7-2-3-8(6-13-7)11(17)14-9(12(18)19)4-5-10(15)16/h2-3,6,9H,4-5H2,1H3,(H,14,17)(H,15,16)(H,18,19)/t9-/m0/s1. The number of hydrogen-bond donors (Lipinski definition) is 3. The lowest BCUT2D eigenvalue weighted by Gasteiger charge is -2.13. The Hall–Kier alpha value is -2.44. The van der Waals surface area contributed by atoms with E-state index < -0.39 is 23.9 Å². The van der Waals surface area contributed by atoms with E-state index in [0.29, 0.717) is 0 Å². The Labute approximate surface area is 109 Å². The summed E-state index contributed by atoms with van der Waals surface area (Å²) in [5.74, 6) is -2.97. The van der Waals surface area contributed by atoms with E-state index >= 15 is 0 Å². The Bertz CT molecular complexity index is 483. The summed E-state index contributed by atoms with van der Waals surface area (Å²) in [5, 5.41) is 19.7. The number of carbonyl (C=O) groups excluding carboxylic acids is 1. The van der Waals surface area contributed by atoms with Crippen LogP contribution in [0.15, 0.2) is 18.3 Å². The van der Waals surface area contributed by atoms with Gasteiger partial charge in [0.1, 0.15) is 6.04 Å². The van der Waals surface area contributed by atoms with Gasteiger partial charge in [-0.1, -0.05) is 0 Å². The van der Waals surface area contributed by atoms with Crippen molar-refractivity contribution in [2.75, 3.05) is 0 Å². The molecule has 0 unspecified atom stereocenters. The highest BCUT2D eigenvalue weighted by atomic mass is 16.4. The molecular weight excluding hydrogens is 252 g/mol. The minimum atomic E-state index is -1.27. The average molecular weight is 266 g/mol. The molecule has 0 aliphatic heterocycles. The molecule has 7 nitrogen and oxygen atoms in total. The van der Waals surface area contributed by atoms with Crippen molar-refractivity contribution >= 4 is 17.8 Å². The zero-order chi connectivity index (χ0) is 14.4. The van der Waals surface area contributed by atoms with Crippen molar-refractivity contribution in [3.8, 4) is 0 Å². The number of aliphatic carboxylic acids is 2. The molecule has 0 aliphatic carbocycles. The first kappa shape index (κ1) is 14.6. The summed E-state index contributed by atoms with van der Waals surface area (Å²) in [7, 11) is 0. The van der Waals surface area contributed by atoms with Gasteiger partial charge in [-0.3, -0.25) is 14.6 Å². The van der Waals surface area contributed by atoms with E-state index in [1.54, 1.807) is 13.0 Å². The Kier molecular flexibility index (Phi) is 4.99. The van der Waals surface area contributed by atoms with Gasteiger partial charge in [0.15, 0.2) is 0 Å². The third kappa shape index (κ3) is 4.74. The van der Waals surface area contributed by atoms with Crippen LogP contribution in [0.5, 0.6) is 0 Å². The van der Waals surface area contributed by atoms with Gasteiger partial charge in [-0.15, -0.1) is 0 Å². The topological polar surface area (TPSA) is 117 Å². The molecule has 102 valence electrons. The van der Waals surface area contributed by atoms with Crippen LogP contribution < -0.4 is 5.32 Å². The lowest BCUT2D eigenvalue weighted by molar-refractivity contribution is -0.140. The van der Waals surface area contributed by atoms with Gasteiger partial charge in [0, 0.05) is 18.3 Å². The van der Waals surface area contributed by atoms with Gasteiger partial charge in [-0.05, 0) is 25.5 Å². The zero-order valence-electron chi connectivity index (χ0n) is 10.3. The van der Waals surface area contributed by atoms with Crippen LogP contribution in [0.3, 0.4) is 0 Å². The second kappa shape index (κ2) is 6.48. The van der Waals surface area contributed by atoms with Crippen LogP contribution in [0.2, 0.25) is 0 Å². The monoisotopic (exact) mass is 266 g/mol. The molecule has 1 atom stereocenters. The Morgan fingerprint density at radius 2 is 2.00 bits per heavy atom. The zero-order valence-corrected chi connectivity index (χ0v) is 10.3. The normalized spacial score (nSPS) is 11.6. The third-order valence-electron chi connectivity index (χ3n) is 2.42. The van der Waals surface area contributed by atoms with E-state index in [-0.39, 0.29) is 18.4 Å². The minimum absolute atomic E-state index is 0.171. The Balaban J connectivity index is 2.68. The molecule has 1 aromatic heterocycles. The molecule has 0 fully saturated rings. The predicted octanol–water partition coefficient (Wildman–Crippen LogP) is 0.438. The third-order valence-corrected chi connectivity index (χ3v) is 2.42. The van der Waals surface area contributed by atoms with Crippen molar-refractivity contribution in [2.45, 2.75) is 25.8 Å². The van der Waals surface area contributed by atoms with Crippen molar-refractivity contribution in [3.05, 3.63) is 29.6 Å². The van der Waals surface area contributed by atoms with Gasteiger partial charge >= 0.3 is 11.9 Å². The van der Waals surface area contributed by atoms with Gasteiger partial charge in [-0.2, -0.15) is 0 Å². The smallest absolute Gasteiger partial charge is 0.326 e. The summed E-state index contributed by atoms with van der Waals surface area (Å²) in [6, 6.07) is 1.92. The summed E-state index contributed by atoms with van der Waals surface area (Å²) in [4.78, 5) is 37.0. The van der Waals surface area contributed by atoms with Crippen LogP contribution in [0.4, 0.5) is 0 Å². The molecular formula is C12H14N2O5. The largest absolute Gasteiger partial charge is 0.481 e. The number of hydrogen-bond acceptors (Lipinski definition) is 4. The second-order valence-corrected chi connectivity index (χ2v) is 3.98. The van der Waals surface area contributed by atoms with Gasteiger partial charge in [0.2, 0.25) is 0 Å². The lowest BCUT2D eigenvalue weighted by Crippen LogP contribution is -2.41. The molecule has 0 spiro atoms. The second-order valence-electron chi connectivity index (χ2n) is 3.98. The first-order valence-electron chi connectivity index (χ1n) is 5.58. The minimum Gasteiger partial charge on any atom is -0.481 e. The number of nitrogens with one attached hydrogen (secondary N) is 1. The number of nitrogens with zero attached hydrogens (tertiary/aromatic N) is 1. The van der Waals surface area contributed by atoms with E-state index in [2.05, 4.69) is 10.3 Å². The summed E-state index contributed by atoms with van der Waals surface area (Å²) >= 11 is 0. The Morgan fingerprint density at radius 1 is 1.32 bits per heavy atom. The van der Waals surface area contributed by atoms with E-state index in [1.807, 2.05) is 0 Å². The molecule has 0 radical (unpaired) electrons. The van der Waals surface area contributed by atoms with Crippen molar-refractivity contribution < 1.29 is 24.6 Å². The first-order valence-corrected chi connectivity index (χ1v) is 5.58. The molecule has 0 aromatic carbocycles. The maximum atomic E-state index is 11.8. The first-order chi connectivity index (χ1) is 8.90. The number of aryl methyl sites for hydroxylation is 1. The SMILES string of the molecule is Cc1ccc(C(=O)N[C@@H](CCC(=O)O)C(=O)O)cn1. The average Bonchev–Trinajstić information content (AvgIpc) is 2.34. The van der Waals surface area contributed by atoms with Crippen LogP contribution in [0, 0.1) is 6.92 Å². The fourth-order valence-corrected chi connectivity index (χ4v) is 1.37. The Morgan fingerprint density at radius 3 is 2.47 bits per heavy atom. The maximum Gasteiger partial charge on any atom is 0.326 e. The molecule has 0 saturated heterocycles. The molecule has 1 amide bonds. The van der Waals surface area contributed by atoms with Crippen LogP contribution in [0.25, 0.3) is 0 Å². The molecule has 1 aromatic rings. The fourth-order valence-electron chi connectivity index (χ4n) is 1.37. The van der Waals surface area contributed by atoms with Gasteiger partial charge in [0.25, 0.3) is 5.91 Å². The van der Waals surface area contributed by atoms with Crippen molar-refractivity contribution in [1.82, 2.24) is 10.3 Å². The van der Waals surface area contributed by atoms with Crippen LogP contribution in [-0.2, 0) is 9.59 Å². The highest BCUT2D eigenvalue weighted by Crippen LogP contribution is 2.03. The van der Waals surface area contributed by atoms with E-state index in [1.165, 1.54) is 12.3 Å². The molecule has 7 heteroatoms. The van der Waals surface area contributed by atoms with E-state index in [9.17, 15) is 14.4 Å². The molecule has 0 bridgehead atoms. The van der Waals surface area contributed by atoms with Crippen LogP contribution >= 0.6 is 0 Å². The van der Waals surface area contributed by atoms with Crippen molar-refractivity contribution in [3.63, 3.8) is 0 Å². The summed E-state index contributed by atoms with van der Waals surface area (Å²) in [5.41, 5.74) is 0.962. The summed E-state index contributed by atoms with van der Waals surface area (Å²) < 4.78 is 0. The van der Waals surface area contributed by atoms with E-state index in [4.69, 9.17) is 10.2 Å². The number of carboxylic acid groups (broad SMARTS) is 2. The molecule has 19 heavy (non-hydrogen) atoms. The predicted molar refractivity (Wildman–Crippen MR) is 64.7 cm³/mol. The molecule has 3 N–H and O–H groups in total. The highest BCUT2D eigenvalue weighted by Gasteiger charge is 2.21. The number of carbonyl (C=O) groups is 3. The fraction of sp³-hybridized carbons (Fsp3) is 0.333. The number of pyridine rings is 1. The van der Waals surface area contributed by atoms with E-state index in [0.717, 1.165) is 5.69 Å². The number of amides is 1. The maximum absolute atomic E-state index is 11.8. The molecule has 1 heterocycles. The van der Waals surface area contributed by atoms with Gasteiger partial charge in [0.05, 0.1) is 5.56 Å². The van der Waals surface area contributed by atoms with Crippen molar-refractivity contribution in [2.24, 2.45) is 0 Å². The summed E-state index contributed by atoms with van der Waals surface area (Å²) in [6.07, 6.45) is 0.833. The van der Waals surface area contributed by atoms with Gasteiger partial charge < -0.3 is 15.5 Å². The lowest BCUT2D eigenvalue weighted by atomic mass is 10.1. The highest BCUT2D eigenvalue weighted by molar-refractivity contribution is 5.96. The summed E-state index contributed by atoms with van der Waals surface area (Å²) in [6.45, 7) is 1.76. The molecule has 1 rings (SSSR count). The molecule has 0 aliphatic rings. The molecule has 0 saturated carbocycles. The van der Waals surface area contributed by atoms with Crippen LogP contribution in [-0.4, -0.2) is 39.1 Å². The van der Waals surface area contributed by atoms with Crippen molar-refractivity contribution in [1.29, 1.82) is 0 Å². The number of rotatable bonds is 6. The quantitative estimate of drug-likeness (QED) is 0.687. The number of carboxylic acids is 2.